The topological polar surface area (TPSA) is 49.3 Å². The minimum atomic E-state index is 0.340. The number of fused-ring (bicyclic) bond motifs is 1. The summed E-state index contributed by atoms with van der Waals surface area (Å²) in [5.74, 6) is 3.76. The van der Waals surface area contributed by atoms with Gasteiger partial charge < -0.3 is 9.80 Å². The predicted molar refractivity (Wildman–Crippen MR) is 91.7 cm³/mol. The summed E-state index contributed by atoms with van der Waals surface area (Å²) in [6.45, 7) is 3.99. The van der Waals surface area contributed by atoms with Crippen molar-refractivity contribution in [3.05, 3.63) is 18.1 Å². The number of rotatable bonds is 3. The number of likely N-dealkylation sites (tertiary alicyclic amines) is 1. The Kier molecular flexibility index (Phi) is 3.49. The number of carbonyl (C=O) groups excluding carboxylic acids is 1. The Morgan fingerprint density at radius 3 is 2.25 bits per heavy atom. The number of hydrogen-bond donors (Lipinski definition) is 0. The minimum Gasteiger partial charge on any atom is -0.356 e. The second-order valence-corrected chi connectivity index (χ2v) is 8.23. The molecule has 4 aliphatic rings. The van der Waals surface area contributed by atoms with Crippen LogP contribution in [0.3, 0.4) is 0 Å². The molecule has 1 aromatic rings. The van der Waals surface area contributed by atoms with Gasteiger partial charge in [-0.25, -0.2) is 9.97 Å². The highest BCUT2D eigenvalue weighted by Gasteiger charge is 2.43. The van der Waals surface area contributed by atoms with Crippen molar-refractivity contribution in [2.45, 2.75) is 44.4 Å². The van der Waals surface area contributed by atoms with Gasteiger partial charge in [0.1, 0.15) is 12.1 Å². The van der Waals surface area contributed by atoms with E-state index in [1.54, 1.807) is 6.33 Å². The van der Waals surface area contributed by atoms with Crippen LogP contribution in [0, 0.1) is 17.8 Å². The van der Waals surface area contributed by atoms with E-state index in [1.165, 1.54) is 31.4 Å². The monoisotopic (exact) mass is 326 g/mol. The lowest BCUT2D eigenvalue weighted by atomic mass is 9.83. The largest absolute Gasteiger partial charge is 0.356 e. The molecule has 2 aliphatic heterocycles. The highest BCUT2D eigenvalue weighted by Crippen LogP contribution is 2.38. The van der Waals surface area contributed by atoms with Gasteiger partial charge in [-0.05, 0) is 25.7 Å². The van der Waals surface area contributed by atoms with Crippen molar-refractivity contribution in [2.75, 3.05) is 31.1 Å². The Balaban J connectivity index is 1.24. The third-order valence-corrected chi connectivity index (χ3v) is 6.77. The molecule has 3 heterocycles. The molecule has 0 radical (unpaired) electrons. The van der Waals surface area contributed by atoms with E-state index in [2.05, 4.69) is 25.8 Å². The highest BCUT2D eigenvalue weighted by atomic mass is 16.2. The van der Waals surface area contributed by atoms with Crippen LogP contribution in [0.5, 0.6) is 0 Å². The van der Waals surface area contributed by atoms with Gasteiger partial charge in [0.25, 0.3) is 0 Å². The lowest BCUT2D eigenvalue weighted by Crippen LogP contribution is -2.39. The summed E-state index contributed by atoms with van der Waals surface area (Å²) in [5, 5.41) is 0. The van der Waals surface area contributed by atoms with E-state index in [9.17, 15) is 4.79 Å². The summed E-state index contributed by atoms with van der Waals surface area (Å²) in [6, 6.07) is 2.21. The predicted octanol–water partition coefficient (Wildman–Crippen LogP) is 2.44. The molecule has 0 spiro atoms. The van der Waals surface area contributed by atoms with Crippen molar-refractivity contribution in [3.63, 3.8) is 0 Å². The first-order chi connectivity index (χ1) is 11.8. The van der Waals surface area contributed by atoms with E-state index in [0.717, 1.165) is 44.8 Å². The molecule has 2 atom stereocenters. The summed E-state index contributed by atoms with van der Waals surface area (Å²) in [5.41, 5.74) is 1.23. The Bertz CT molecular complexity index is 626. The fourth-order valence-corrected chi connectivity index (χ4v) is 4.74. The lowest BCUT2D eigenvalue weighted by molar-refractivity contribution is -0.137. The highest BCUT2D eigenvalue weighted by molar-refractivity contribution is 5.80. The molecule has 5 heteroatoms. The molecule has 5 rings (SSSR count). The van der Waals surface area contributed by atoms with Crippen molar-refractivity contribution in [1.29, 1.82) is 0 Å². The second kappa shape index (κ2) is 5.71. The van der Waals surface area contributed by atoms with Gasteiger partial charge in [0.15, 0.2) is 0 Å². The van der Waals surface area contributed by atoms with Crippen LogP contribution in [-0.2, 0) is 4.79 Å². The van der Waals surface area contributed by atoms with Crippen LogP contribution in [0.2, 0.25) is 0 Å². The molecule has 0 N–H and O–H groups in total. The SMILES string of the molecule is O=C(C1CCC1)N1CC2CN(c3cc(C4CCC4)ncn3)CC2C1. The molecule has 0 aromatic carbocycles. The molecule has 5 nitrogen and oxygen atoms in total. The first kappa shape index (κ1) is 14.7. The van der Waals surface area contributed by atoms with Gasteiger partial charge in [-0.3, -0.25) is 4.79 Å². The van der Waals surface area contributed by atoms with Crippen molar-refractivity contribution in [2.24, 2.45) is 17.8 Å². The van der Waals surface area contributed by atoms with Crippen LogP contribution in [0.15, 0.2) is 12.4 Å². The van der Waals surface area contributed by atoms with E-state index in [1.807, 2.05) is 0 Å². The molecular weight excluding hydrogens is 300 g/mol. The van der Waals surface area contributed by atoms with Gasteiger partial charge in [0.2, 0.25) is 5.91 Å². The molecule has 4 fully saturated rings. The third-order valence-electron chi connectivity index (χ3n) is 6.77. The summed E-state index contributed by atoms with van der Waals surface area (Å²) >= 11 is 0. The fraction of sp³-hybridized carbons (Fsp3) is 0.737. The molecule has 2 unspecified atom stereocenters. The van der Waals surface area contributed by atoms with Crippen LogP contribution >= 0.6 is 0 Å². The first-order valence-electron chi connectivity index (χ1n) is 9.63. The van der Waals surface area contributed by atoms with Gasteiger partial charge in [0.05, 0.1) is 0 Å². The van der Waals surface area contributed by atoms with Crippen LogP contribution in [0.1, 0.15) is 50.1 Å². The molecule has 1 aromatic heterocycles. The quantitative estimate of drug-likeness (QED) is 0.856. The van der Waals surface area contributed by atoms with Crippen LogP contribution in [-0.4, -0.2) is 47.0 Å². The summed E-state index contributed by atoms with van der Waals surface area (Å²) in [4.78, 5) is 26.0. The van der Waals surface area contributed by atoms with Crippen LogP contribution in [0.25, 0.3) is 0 Å². The van der Waals surface area contributed by atoms with E-state index in [0.29, 0.717) is 29.6 Å². The lowest BCUT2D eigenvalue weighted by Gasteiger charge is -2.30. The molecule has 0 bridgehead atoms. The molecule has 1 amide bonds. The van der Waals surface area contributed by atoms with Crippen LogP contribution < -0.4 is 4.90 Å². The second-order valence-electron chi connectivity index (χ2n) is 8.23. The van der Waals surface area contributed by atoms with Crippen molar-refractivity contribution >= 4 is 11.7 Å². The third kappa shape index (κ3) is 2.40. The fourth-order valence-electron chi connectivity index (χ4n) is 4.74. The number of anilines is 1. The van der Waals surface area contributed by atoms with Gasteiger partial charge >= 0.3 is 0 Å². The average molecular weight is 326 g/mol. The minimum absolute atomic E-state index is 0.340. The summed E-state index contributed by atoms with van der Waals surface area (Å²) in [7, 11) is 0. The first-order valence-corrected chi connectivity index (χ1v) is 9.63. The number of hydrogen-bond acceptors (Lipinski definition) is 4. The van der Waals surface area contributed by atoms with Crippen molar-refractivity contribution in [3.8, 4) is 0 Å². The zero-order valence-electron chi connectivity index (χ0n) is 14.2. The van der Waals surface area contributed by atoms with E-state index in [-0.39, 0.29) is 0 Å². The maximum atomic E-state index is 12.5. The Morgan fingerprint density at radius 2 is 1.67 bits per heavy atom. The maximum absolute atomic E-state index is 12.5. The average Bonchev–Trinajstić information content (AvgIpc) is 3.02. The molecular formula is C19H26N4O. The van der Waals surface area contributed by atoms with E-state index in [4.69, 9.17) is 0 Å². The Labute approximate surface area is 143 Å². The zero-order valence-corrected chi connectivity index (χ0v) is 14.2. The maximum Gasteiger partial charge on any atom is 0.225 e. The van der Waals surface area contributed by atoms with E-state index >= 15 is 0 Å². The molecule has 2 aliphatic carbocycles. The van der Waals surface area contributed by atoms with Crippen molar-refractivity contribution < 1.29 is 4.79 Å². The smallest absolute Gasteiger partial charge is 0.225 e. The molecule has 2 saturated carbocycles. The molecule has 2 saturated heterocycles. The van der Waals surface area contributed by atoms with Crippen molar-refractivity contribution in [1.82, 2.24) is 14.9 Å². The van der Waals surface area contributed by atoms with Gasteiger partial charge in [-0.15, -0.1) is 0 Å². The van der Waals surface area contributed by atoms with Crippen LogP contribution in [0.4, 0.5) is 5.82 Å². The zero-order chi connectivity index (χ0) is 16.1. The Morgan fingerprint density at radius 1 is 0.958 bits per heavy atom. The standard InChI is InChI=1S/C19H26N4O/c24-19(14-5-2-6-14)23-10-15-8-22(9-16(15)11-23)18-7-17(20-12-21-18)13-3-1-4-13/h7,12-16H,1-6,8-11H2. The molecule has 24 heavy (non-hydrogen) atoms. The summed E-state index contributed by atoms with van der Waals surface area (Å²) in [6.07, 6.45) is 9.09. The summed E-state index contributed by atoms with van der Waals surface area (Å²) < 4.78 is 0. The number of amides is 1. The number of nitrogens with zero attached hydrogens (tertiary/aromatic N) is 4. The number of aromatic nitrogens is 2. The van der Waals surface area contributed by atoms with Gasteiger partial charge in [-0.2, -0.15) is 0 Å². The normalized spacial score (nSPS) is 30.2. The van der Waals surface area contributed by atoms with Gasteiger partial charge in [0, 0.05) is 61.6 Å². The molecule has 128 valence electrons. The number of carbonyl (C=O) groups is 1. The van der Waals surface area contributed by atoms with Gasteiger partial charge in [-0.1, -0.05) is 12.8 Å². The Hall–Kier alpha value is -1.65. The van der Waals surface area contributed by atoms with E-state index < -0.39 is 0 Å².